The number of piperidine rings is 1. The van der Waals surface area contributed by atoms with Crippen molar-refractivity contribution in [3.8, 4) is 11.3 Å². The van der Waals surface area contributed by atoms with Gasteiger partial charge in [0.15, 0.2) is 0 Å². The highest BCUT2D eigenvalue weighted by Gasteiger charge is 2.22. The number of fused-ring (bicyclic) bond motifs is 1. The highest BCUT2D eigenvalue weighted by molar-refractivity contribution is 5.86. The standard InChI is InChI=1S/C28H38FN5/c1-21(2)33-17-15-32(16-18-33)14-11-30-23-9-12-34(13-10-23)24-7-8-26(29)25(20-24)28-19-22-5-3-4-6-27(22)31-28/h3-8,19-21,23,30-31H,9-18H2,1-2H3. The fraction of sp³-hybridized carbons (Fsp3) is 0.500. The van der Waals surface area contributed by atoms with E-state index in [2.05, 4.69) is 44.9 Å². The Labute approximate surface area is 202 Å². The number of nitrogens with one attached hydrogen (secondary N) is 2. The third-order valence-electron chi connectivity index (χ3n) is 7.63. The van der Waals surface area contributed by atoms with Crippen LogP contribution in [0.4, 0.5) is 10.1 Å². The summed E-state index contributed by atoms with van der Waals surface area (Å²) < 4.78 is 14.7. The van der Waals surface area contributed by atoms with Gasteiger partial charge in [0.25, 0.3) is 0 Å². The van der Waals surface area contributed by atoms with E-state index >= 15 is 0 Å². The number of halogens is 1. The minimum Gasteiger partial charge on any atom is -0.371 e. The SMILES string of the molecule is CC(C)N1CCN(CCNC2CCN(c3ccc(F)c(-c4cc5ccccc5[nH]4)c3)CC2)CC1. The van der Waals surface area contributed by atoms with E-state index in [-0.39, 0.29) is 5.82 Å². The molecule has 2 fully saturated rings. The number of hydrogen-bond acceptors (Lipinski definition) is 4. The second kappa shape index (κ2) is 10.5. The Hall–Kier alpha value is -2.41. The Kier molecular flexibility index (Phi) is 7.18. The lowest BCUT2D eigenvalue weighted by atomic mass is 10.0. The van der Waals surface area contributed by atoms with E-state index in [0.717, 1.165) is 61.3 Å². The number of aromatic nitrogens is 1. The van der Waals surface area contributed by atoms with Crippen LogP contribution in [0.2, 0.25) is 0 Å². The van der Waals surface area contributed by atoms with E-state index in [1.54, 1.807) is 6.07 Å². The Morgan fingerprint density at radius 1 is 0.971 bits per heavy atom. The predicted molar refractivity (Wildman–Crippen MR) is 140 cm³/mol. The third kappa shape index (κ3) is 5.29. The van der Waals surface area contributed by atoms with Crippen molar-refractivity contribution in [1.82, 2.24) is 20.1 Å². The van der Waals surface area contributed by atoms with Crippen LogP contribution >= 0.6 is 0 Å². The van der Waals surface area contributed by atoms with Crippen LogP contribution in [0.25, 0.3) is 22.2 Å². The van der Waals surface area contributed by atoms with E-state index in [1.807, 2.05) is 36.4 Å². The summed E-state index contributed by atoms with van der Waals surface area (Å²) >= 11 is 0. The molecule has 3 aromatic rings. The molecule has 3 heterocycles. The molecule has 0 atom stereocenters. The number of aromatic amines is 1. The summed E-state index contributed by atoms with van der Waals surface area (Å²) in [5.74, 6) is -0.180. The van der Waals surface area contributed by atoms with E-state index in [0.29, 0.717) is 17.6 Å². The number of piperazine rings is 1. The van der Waals surface area contributed by atoms with Crippen LogP contribution in [0.15, 0.2) is 48.5 Å². The van der Waals surface area contributed by atoms with Gasteiger partial charge < -0.3 is 15.2 Å². The summed E-state index contributed by atoms with van der Waals surface area (Å²) in [7, 11) is 0. The van der Waals surface area contributed by atoms with Crippen LogP contribution in [-0.2, 0) is 0 Å². The van der Waals surface area contributed by atoms with Gasteiger partial charge in [0, 0.05) is 92.3 Å². The zero-order chi connectivity index (χ0) is 23.5. The van der Waals surface area contributed by atoms with Gasteiger partial charge in [-0.05, 0) is 57.0 Å². The van der Waals surface area contributed by atoms with Crippen molar-refractivity contribution in [2.75, 3.05) is 57.3 Å². The van der Waals surface area contributed by atoms with E-state index < -0.39 is 0 Å². The molecule has 2 aromatic carbocycles. The fourth-order valence-corrected chi connectivity index (χ4v) is 5.41. The maximum atomic E-state index is 14.7. The molecular formula is C28H38FN5. The molecule has 0 unspecified atom stereocenters. The zero-order valence-electron chi connectivity index (χ0n) is 20.6. The molecule has 2 N–H and O–H groups in total. The van der Waals surface area contributed by atoms with Gasteiger partial charge in [-0.2, -0.15) is 0 Å². The van der Waals surface area contributed by atoms with Crippen LogP contribution in [-0.4, -0.2) is 79.2 Å². The lowest BCUT2D eigenvalue weighted by molar-refractivity contribution is 0.108. The lowest BCUT2D eigenvalue weighted by Crippen LogP contribution is -2.51. The lowest BCUT2D eigenvalue weighted by Gasteiger charge is -2.37. The smallest absolute Gasteiger partial charge is 0.132 e. The molecule has 5 nitrogen and oxygen atoms in total. The molecule has 2 aliphatic heterocycles. The monoisotopic (exact) mass is 463 g/mol. The first-order valence-electron chi connectivity index (χ1n) is 12.9. The molecule has 0 radical (unpaired) electrons. The molecule has 34 heavy (non-hydrogen) atoms. The van der Waals surface area contributed by atoms with Crippen molar-refractivity contribution in [2.24, 2.45) is 0 Å². The van der Waals surface area contributed by atoms with Gasteiger partial charge in [-0.25, -0.2) is 4.39 Å². The molecule has 0 amide bonds. The number of para-hydroxylation sites is 1. The quantitative estimate of drug-likeness (QED) is 0.539. The van der Waals surface area contributed by atoms with Gasteiger partial charge >= 0.3 is 0 Å². The van der Waals surface area contributed by atoms with E-state index in [9.17, 15) is 4.39 Å². The molecule has 0 saturated carbocycles. The molecule has 0 spiro atoms. The Morgan fingerprint density at radius 3 is 2.47 bits per heavy atom. The van der Waals surface area contributed by atoms with Crippen LogP contribution in [0, 0.1) is 5.82 Å². The molecule has 0 aliphatic carbocycles. The maximum absolute atomic E-state index is 14.7. The first kappa shape index (κ1) is 23.3. The Balaban J connectivity index is 1.12. The second-order valence-electron chi connectivity index (χ2n) is 10.1. The van der Waals surface area contributed by atoms with Gasteiger partial charge in [-0.15, -0.1) is 0 Å². The van der Waals surface area contributed by atoms with Gasteiger partial charge in [0.05, 0.1) is 0 Å². The number of H-pyrrole nitrogens is 1. The molecule has 1 aromatic heterocycles. The first-order chi connectivity index (χ1) is 16.6. The van der Waals surface area contributed by atoms with Crippen molar-refractivity contribution in [1.29, 1.82) is 0 Å². The molecule has 182 valence electrons. The molecular weight excluding hydrogens is 425 g/mol. The average Bonchev–Trinajstić information content (AvgIpc) is 3.29. The van der Waals surface area contributed by atoms with E-state index in [1.165, 1.54) is 26.2 Å². The zero-order valence-corrected chi connectivity index (χ0v) is 20.6. The summed E-state index contributed by atoms with van der Waals surface area (Å²) in [6.07, 6.45) is 2.25. The van der Waals surface area contributed by atoms with Gasteiger partial charge in [0.2, 0.25) is 0 Å². The van der Waals surface area contributed by atoms with Crippen LogP contribution in [0.5, 0.6) is 0 Å². The van der Waals surface area contributed by atoms with Crippen molar-refractivity contribution in [3.05, 3.63) is 54.3 Å². The van der Waals surface area contributed by atoms with Gasteiger partial charge in [0.1, 0.15) is 5.82 Å². The molecule has 2 saturated heterocycles. The van der Waals surface area contributed by atoms with Crippen molar-refractivity contribution >= 4 is 16.6 Å². The highest BCUT2D eigenvalue weighted by atomic mass is 19.1. The summed E-state index contributed by atoms with van der Waals surface area (Å²) in [4.78, 5) is 10.9. The number of rotatable bonds is 7. The average molecular weight is 464 g/mol. The number of hydrogen-bond donors (Lipinski definition) is 2. The maximum Gasteiger partial charge on any atom is 0.132 e. The first-order valence-corrected chi connectivity index (χ1v) is 12.9. The normalized spacial score (nSPS) is 18.9. The van der Waals surface area contributed by atoms with E-state index in [4.69, 9.17) is 0 Å². The largest absolute Gasteiger partial charge is 0.371 e. The molecule has 5 rings (SSSR count). The summed E-state index contributed by atoms with van der Waals surface area (Å²) in [5.41, 5.74) is 3.63. The highest BCUT2D eigenvalue weighted by Crippen LogP contribution is 2.31. The molecule has 6 heteroatoms. The molecule has 0 bridgehead atoms. The van der Waals surface area contributed by atoms with Crippen LogP contribution in [0.1, 0.15) is 26.7 Å². The Morgan fingerprint density at radius 2 is 1.74 bits per heavy atom. The van der Waals surface area contributed by atoms with Gasteiger partial charge in [-0.3, -0.25) is 9.80 Å². The fourth-order valence-electron chi connectivity index (χ4n) is 5.41. The summed E-state index contributed by atoms with van der Waals surface area (Å²) in [5, 5.41) is 4.90. The minimum absolute atomic E-state index is 0.180. The number of anilines is 1. The minimum atomic E-state index is -0.180. The summed E-state index contributed by atoms with van der Waals surface area (Å²) in [6, 6.07) is 16.9. The van der Waals surface area contributed by atoms with Crippen LogP contribution < -0.4 is 10.2 Å². The topological polar surface area (TPSA) is 37.5 Å². The van der Waals surface area contributed by atoms with Crippen LogP contribution in [0.3, 0.4) is 0 Å². The van der Waals surface area contributed by atoms with Crippen molar-refractivity contribution in [2.45, 2.75) is 38.8 Å². The predicted octanol–water partition coefficient (Wildman–Crippen LogP) is 4.56. The summed E-state index contributed by atoms with van der Waals surface area (Å²) in [6.45, 7) is 13.5. The number of benzene rings is 2. The van der Waals surface area contributed by atoms with Gasteiger partial charge in [-0.1, -0.05) is 18.2 Å². The Bertz CT molecular complexity index is 1040. The molecule has 2 aliphatic rings. The van der Waals surface area contributed by atoms with Crippen molar-refractivity contribution in [3.63, 3.8) is 0 Å². The second-order valence-corrected chi connectivity index (χ2v) is 10.1. The number of nitrogens with zero attached hydrogens (tertiary/aromatic N) is 3. The third-order valence-corrected chi connectivity index (χ3v) is 7.63. The van der Waals surface area contributed by atoms with Crippen molar-refractivity contribution < 1.29 is 4.39 Å².